The van der Waals surface area contributed by atoms with Gasteiger partial charge in [0.15, 0.2) is 11.5 Å². The van der Waals surface area contributed by atoms with Crippen LogP contribution in [0.25, 0.3) is 0 Å². The van der Waals surface area contributed by atoms with Gasteiger partial charge in [-0.25, -0.2) is 4.79 Å². The van der Waals surface area contributed by atoms with Gasteiger partial charge in [0, 0.05) is 24.7 Å². The third-order valence-electron chi connectivity index (χ3n) is 4.29. The van der Waals surface area contributed by atoms with Crippen LogP contribution in [0.15, 0.2) is 30.3 Å². The molecule has 150 valence electrons. The number of carbonyl (C=O) groups is 1. The minimum absolute atomic E-state index is 0.262. The average Bonchev–Trinajstić information content (AvgIpc) is 2.72. The molecule has 0 aliphatic carbocycles. The van der Waals surface area contributed by atoms with Crippen LogP contribution in [0.2, 0.25) is 5.02 Å². The lowest BCUT2D eigenvalue weighted by molar-refractivity contribution is 0.171. The molecular formula is C20H23ClN2O5. The smallest absolute Gasteiger partial charge is 0.315 e. The second-order valence-electron chi connectivity index (χ2n) is 6.14. The number of nitrogens with one attached hydrogen (secondary N) is 2. The van der Waals surface area contributed by atoms with Crippen molar-refractivity contribution in [3.05, 3.63) is 46.5 Å². The number of urea groups is 1. The molecule has 2 N–H and O–H groups in total. The van der Waals surface area contributed by atoms with Gasteiger partial charge in [-0.3, -0.25) is 0 Å². The SMILES string of the molecule is COc1ccc(CNC(=O)NCCc2cc(Cl)c3c(c2)OCCO3)c(OC)c1. The first kappa shape index (κ1) is 19.9. The summed E-state index contributed by atoms with van der Waals surface area (Å²) >= 11 is 6.23. The number of methoxy groups -OCH3 is 2. The highest BCUT2D eigenvalue weighted by molar-refractivity contribution is 6.32. The van der Waals surface area contributed by atoms with E-state index in [-0.39, 0.29) is 6.03 Å². The molecule has 0 bridgehead atoms. The van der Waals surface area contributed by atoms with E-state index in [4.69, 9.17) is 30.5 Å². The molecule has 28 heavy (non-hydrogen) atoms. The van der Waals surface area contributed by atoms with Crippen LogP contribution in [0.4, 0.5) is 4.79 Å². The summed E-state index contributed by atoms with van der Waals surface area (Å²) < 4.78 is 21.6. The summed E-state index contributed by atoms with van der Waals surface area (Å²) in [7, 11) is 3.17. The highest BCUT2D eigenvalue weighted by Gasteiger charge is 2.16. The van der Waals surface area contributed by atoms with Gasteiger partial charge in [-0.15, -0.1) is 0 Å². The van der Waals surface area contributed by atoms with Crippen molar-refractivity contribution < 1.29 is 23.7 Å². The van der Waals surface area contributed by atoms with Gasteiger partial charge in [0.2, 0.25) is 0 Å². The van der Waals surface area contributed by atoms with Crippen LogP contribution in [0.3, 0.4) is 0 Å². The first-order chi connectivity index (χ1) is 13.6. The van der Waals surface area contributed by atoms with Gasteiger partial charge < -0.3 is 29.6 Å². The van der Waals surface area contributed by atoms with E-state index in [9.17, 15) is 4.79 Å². The van der Waals surface area contributed by atoms with Gasteiger partial charge >= 0.3 is 6.03 Å². The van der Waals surface area contributed by atoms with Crippen LogP contribution in [-0.4, -0.2) is 40.0 Å². The van der Waals surface area contributed by atoms with Crippen LogP contribution in [0.1, 0.15) is 11.1 Å². The molecule has 2 amide bonds. The molecule has 0 atom stereocenters. The zero-order chi connectivity index (χ0) is 19.9. The topological polar surface area (TPSA) is 78.1 Å². The van der Waals surface area contributed by atoms with E-state index in [1.165, 1.54) is 0 Å². The Morgan fingerprint density at radius 2 is 1.93 bits per heavy atom. The molecular weight excluding hydrogens is 384 g/mol. The summed E-state index contributed by atoms with van der Waals surface area (Å²) in [6, 6.07) is 8.92. The highest BCUT2D eigenvalue weighted by atomic mass is 35.5. The zero-order valence-corrected chi connectivity index (χ0v) is 16.6. The number of rotatable bonds is 7. The standard InChI is InChI=1S/C20H23ClN2O5/c1-25-15-4-3-14(17(11-15)26-2)12-23-20(24)22-6-5-13-9-16(21)19-18(10-13)27-7-8-28-19/h3-4,9-11H,5-8,12H2,1-2H3,(H2,22,23,24). The van der Waals surface area contributed by atoms with Crippen molar-refractivity contribution in [3.63, 3.8) is 0 Å². The van der Waals surface area contributed by atoms with Crippen molar-refractivity contribution in [2.24, 2.45) is 0 Å². The summed E-state index contributed by atoms with van der Waals surface area (Å²) in [5, 5.41) is 6.16. The van der Waals surface area contributed by atoms with Crippen molar-refractivity contribution in [3.8, 4) is 23.0 Å². The monoisotopic (exact) mass is 406 g/mol. The third kappa shape index (κ3) is 4.92. The molecule has 7 nitrogen and oxygen atoms in total. The number of amides is 2. The van der Waals surface area contributed by atoms with E-state index in [0.29, 0.717) is 60.7 Å². The van der Waals surface area contributed by atoms with E-state index < -0.39 is 0 Å². The first-order valence-electron chi connectivity index (χ1n) is 8.91. The molecule has 2 aromatic carbocycles. The van der Waals surface area contributed by atoms with Crippen LogP contribution in [0, 0.1) is 0 Å². The van der Waals surface area contributed by atoms with E-state index in [0.717, 1.165) is 11.1 Å². The molecule has 0 saturated heterocycles. The molecule has 0 fully saturated rings. The van der Waals surface area contributed by atoms with Crippen molar-refractivity contribution in [1.82, 2.24) is 10.6 Å². The van der Waals surface area contributed by atoms with Crippen LogP contribution < -0.4 is 29.6 Å². The molecule has 0 radical (unpaired) electrons. The molecule has 1 aliphatic heterocycles. The zero-order valence-electron chi connectivity index (χ0n) is 15.8. The summed E-state index contributed by atoms with van der Waals surface area (Å²) in [5.41, 5.74) is 1.82. The number of hydrogen-bond acceptors (Lipinski definition) is 5. The molecule has 0 saturated carbocycles. The Morgan fingerprint density at radius 1 is 1.11 bits per heavy atom. The van der Waals surface area contributed by atoms with Gasteiger partial charge in [0.05, 0.1) is 19.2 Å². The number of carbonyl (C=O) groups excluding carboxylic acids is 1. The number of halogens is 1. The van der Waals surface area contributed by atoms with Crippen LogP contribution >= 0.6 is 11.6 Å². The molecule has 0 unspecified atom stereocenters. The summed E-state index contributed by atoms with van der Waals surface area (Å²) in [6.07, 6.45) is 0.621. The Labute approximate surface area is 168 Å². The number of ether oxygens (including phenoxy) is 4. The Kier molecular flexibility index (Phi) is 6.71. The van der Waals surface area contributed by atoms with E-state index >= 15 is 0 Å². The lowest BCUT2D eigenvalue weighted by Gasteiger charge is -2.20. The quantitative estimate of drug-likeness (QED) is 0.738. The maximum Gasteiger partial charge on any atom is 0.315 e. The fourth-order valence-electron chi connectivity index (χ4n) is 2.86. The predicted molar refractivity (Wildman–Crippen MR) is 106 cm³/mol. The fourth-order valence-corrected chi connectivity index (χ4v) is 3.15. The van der Waals surface area contributed by atoms with Crippen molar-refractivity contribution in [2.75, 3.05) is 34.0 Å². The van der Waals surface area contributed by atoms with Crippen LogP contribution in [0.5, 0.6) is 23.0 Å². The van der Waals surface area contributed by atoms with Gasteiger partial charge in [-0.05, 0) is 36.2 Å². The van der Waals surface area contributed by atoms with Crippen molar-refractivity contribution in [1.29, 1.82) is 0 Å². The first-order valence-corrected chi connectivity index (χ1v) is 9.29. The van der Waals surface area contributed by atoms with E-state index in [1.807, 2.05) is 24.3 Å². The fraction of sp³-hybridized carbons (Fsp3) is 0.350. The molecule has 1 aliphatic rings. The second kappa shape index (κ2) is 9.41. The normalized spacial score (nSPS) is 12.2. The van der Waals surface area contributed by atoms with Gasteiger partial charge in [0.25, 0.3) is 0 Å². The maximum atomic E-state index is 12.1. The highest BCUT2D eigenvalue weighted by Crippen LogP contribution is 2.38. The van der Waals surface area contributed by atoms with Crippen LogP contribution in [-0.2, 0) is 13.0 Å². The van der Waals surface area contributed by atoms with Gasteiger partial charge in [-0.1, -0.05) is 11.6 Å². The second-order valence-corrected chi connectivity index (χ2v) is 6.55. The largest absolute Gasteiger partial charge is 0.497 e. The maximum absolute atomic E-state index is 12.1. The lowest BCUT2D eigenvalue weighted by atomic mass is 10.1. The van der Waals surface area contributed by atoms with Crippen molar-refractivity contribution in [2.45, 2.75) is 13.0 Å². The average molecular weight is 407 g/mol. The summed E-state index contributed by atoms with van der Waals surface area (Å²) in [5.74, 6) is 2.58. The minimum atomic E-state index is -0.262. The van der Waals surface area contributed by atoms with Gasteiger partial charge in [-0.2, -0.15) is 0 Å². The number of fused-ring (bicyclic) bond motifs is 1. The molecule has 8 heteroatoms. The molecule has 1 heterocycles. The number of benzene rings is 2. The Hall–Kier alpha value is -2.80. The lowest BCUT2D eigenvalue weighted by Crippen LogP contribution is -2.36. The summed E-state index contributed by atoms with van der Waals surface area (Å²) in [4.78, 5) is 12.1. The van der Waals surface area contributed by atoms with Crippen molar-refractivity contribution >= 4 is 17.6 Å². The Balaban J connectivity index is 1.48. The molecule has 0 spiro atoms. The molecule has 0 aromatic heterocycles. The van der Waals surface area contributed by atoms with E-state index in [2.05, 4.69) is 10.6 Å². The Bertz CT molecular complexity index is 844. The molecule has 3 rings (SSSR count). The third-order valence-corrected chi connectivity index (χ3v) is 4.57. The van der Waals surface area contributed by atoms with E-state index in [1.54, 1.807) is 20.3 Å². The van der Waals surface area contributed by atoms with Gasteiger partial charge in [0.1, 0.15) is 24.7 Å². The Morgan fingerprint density at radius 3 is 2.71 bits per heavy atom. The predicted octanol–water partition coefficient (Wildman–Crippen LogP) is 3.17. The molecule has 2 aromatic rings. The number of hydrogen-bond donors (Lipinski definition) is 2. The minimum Gasteiger partial charge on any atom is -0.497 e. The summed E-state index contributed by atoms with van der Waals surface area (Å²) in [6.45, 7) is 1.80.